The van der Waals surface area contributed by atoms with Crippen LogP contribution in [0, 0.1) is 5.92 Å². The van der Waals surface area contributed by atoms with Gasteiger partial charge in [0.15, 0.2) is 0 Å². The van der Waals surface area contributed by atoms with Gasteiger partial charge in [0.2, 0.25) is 6.43 Å². The molecule has 2 amide bonds. The van der Waals surface area contributed by atoms with E-state index in [0.717, 1.165) is 24.0 Å². The topological polar surface area (TPSA) is 41.1 Å². The van der Waals surface area contributed by atoms with Gasteiger partial charge in [-0.3, -0.25) is 0 Å². The summed E-state index contributed by atoms with van der Waals surface area (Å²) in [5.41, 5.74) is 2.20. The van der Waals surface area contributed by atoms with Gasteiger partial charge in [0.1, 0.15) is 0 Å². The highest BCUT2D eigenvalue weighted by molar-refractivity contribution is 6.30. The molecule has 2 aliphatic rings. The number of urea groups is 1. The minimum absolute atomic E-state index is 0.0639. The quantitative estimate of drug-likeness (QED) is 0.884. The summed E-state index contributed by atoms with van der Waals surface area (Å²) in [6.45, 7) is 0. The van der Waals surface area contributed by atoms with Crippen LogP contribution in [-0.2, 0) is 6.42 Å². The van der Waals surface area contributed by atoms with E-state index in [1.165, 1.54) is 0 Å². The summed E-state index contributed by atoms with van der Waals surface area (Å²) >= 11 is 5.93. The number of hydrogen-bond acceptors (Lipinski definition) is 1. The molecule has 3 atom stereocenters. The van der Waals surface area contributed by atoms with Gasteiger partial charge in [-0.1, -0.05) is 17.7 Å². The molecular formula is C14H15ClF2N2O. The van der Waals surface area contributed by atoms with E-state index in [-0.39, 0.29) is 18.1 Å². The van der Waals surface area contributed by atoms with E-state index in [1.807, 2.05) is 12.1 Å². The van der Waals surface area contributed by atoms with Gasteiger partial charge in [0, 0.05) is 17.0 Å². The van der Waals surface area contributed by atoms with Crippen LogP contribution in [0.1, 0.15) is 30.0 Å². The average molecular weight is 301 g/mol. The monoisotopic (exact) mass is 300 g/mol. The van der Waals surface area contributed by atoms with E-state index in [9.17, 15) is 13.6 Å². The highest BCUT2D eigenvalue weighted by Crippen LogP contribution is 2.36. The lowest BCUT2D eigenvalue weighted by molar-refractivity contribution is 0.119. The number of carbonyl (C=O) groups excluding carboxylic acids is 1. The number of rotatable bonds is 3. The second-order valence-corrected chi connectivity index (χ2v) is 5.83. The maximum Gasteiger partial charge on any atom is 0.315 e. The Kier molecular flexibility index (Phi) is 3.54. The summed E-state index contributed by atoms with van der Waals surface area (Å²) in [5.74, 6) is -0.685. The van der Waals surface area contributed by atoms with Crippen molar-refractivity contribution in [1.82, 2.24) is 10.6 Å². The summed E-state index contributed by atoms with van der Waals surface area (Å²) in [4.78, 5) is 11.8. The second kappa shape index (κ2) is 5.20. The van der Waals surface area contributed by atoms with Gasteiger partial charge in [-0.2, -0.15) is 0 Å². The molecule has 0 radical (unpaired) electrons. The molecule has 1 aromatic rings. The molecule has 3 nitrogen and oxygen atoms in total. The van der Waals surface area contributed by atoms with Crippen LogP contribution in [0.4, 0.5) is 13.6 Å². The third-order valence-electron chi connectivity index (χ3n) is 3.97. The van der Waals surface area contributed by atoms with Crippen LogP contribution in [0.25, 0.3) is 0 Å². The number of fused-ring (bicyclic) bond motifs is 1. The van der Waals surface area contributed by atoms with Crippen LogP contribution < -0.4 is 10.6 Å². The zero-order valence-electron chi connectivity index (χ0n) is 10.7. The molecule has 108 valence electrons. The molecule has 0 spiro atoms. The predicted octanol–water partition coefficient (Wildman–Crippen LogP) is 3.28. The fourth-order valence-electron chi connectivity index (χ4n) is 2.76. The van der Waals surface area contributed by atoms with Crippen LogP contribution >= 0.6 is 11.6 Å². The first kappa shape index (κ1) is 13.6. The molecule has 2 N–H and O–H groups in total. The van der Waals surface area contributed by atoms with Crippen molar-refractivity contribution >= 4 is 17.6 Å². The Morgan fingerprint density at radius 2 is 2.15 bits per heavy atom. The third kappa shape index (κ3) is 2.73. The van der Waals surface area contributed by atoms with Crippen LogP contribution in [0.5, 0.6) is 0 Å². The smallest absolute Gasteiger partial charge is 0.315 e. The molecule has 6 heteroatoms. The molecule has 3 rings (SSSR count). The molecule has 0 aliphatic heterocycles. The lowest BCUT2D eigenvalue weighted by atomic mass is 10.1. The van der Waals surface area contributed by atoms with Crippen molar-refractivity contribution in [1.29, 1.82) is 0 Å². The van der Waals surface area contributed by atoms with Crippen molar-refractivity contribution < 1.29 is 13.6 Å². The Morgan fingerprint density at radius 1 is 1.35 bits per heavy atom. The lowest BCUT2D eigenvalue weighted by Crippen LogP contribution is -2.39. The molecule has 20 heavy (non-hydrogen) atoms. The first-order valence-corrected chi connectivity index (χ1v) is 7.06. The average Bonchev–Trinajstić information content (AvgIpc) is 3.04. The Morgan fingerprint density at radius 3 is 2.85 bits per heavy atom. The molecule has 1 aromatic carbocycles. The molecule has 0 unspecified atom stereocenters. The Bertz CT molecular complexity index is 538. The minimum atomic E-state index is -2.35. The molecule has 0 aromatic heterocycles. The summed E-state index contributed by atoms with van der Waals surface area (Å²) in [5, 5.41) is 6.13. The normalized spacial score (nSPS) is 27.3. The number of alkyl halides is 2. The van der Waals surface area contributed by atoms with Crippen LogP contribution in [0.15, 0.2) is 18.2 Å². The predicted molar refractivity (Wildman–Crippen MR) is 72.1 cm³/mol. The van der Waals surface area contributed by atoms with Crippen LogP contribution in [0.2, 0.25) is 5.02 Å². The fourth-order valence-corrected chi connectivity index (χ4v) is 2.96. The lowest BCUT2D eigenvalue weighted by Gasteiger charge is -2.15. The standard InChI is InChI=1S/C14H15ClF2N2O/c15-8-2-3-9-7(5-8)1-4-11(9)18-14(20)19-12-6-10(12)13(16)17/h2-3,5,10-13H,1,4,6H2,(H2,18,19,20)/t10-,11-,12+/m1/s1. The summed E-state index contributed by atoms with van der Waals surface area (Å²) in [6, 6.07) is 4.79. The van der Waals surface area contributed by atoms with Gasteiger partial charge in [-0.05, 0) is 42.5 Å². The highest BCUT2D eigenvalue weighted by atomic mass is 35.5. The van der Waals surface area contributed by atoms with Gasteiger partial charge in [0.05, 0.1) is 6.04 Å². The van der Waals surface area contributed by atoms with Gasteiger partial charge in [-0.15, -0.1) is 0 Å². The van der Waals surface area contributed by atoms with Crippen molar-refractivity contribution in [3.8, 4) is 0 Å². The largest absolute Gasteiger partial charge is 0.335 e. The molecule has 1 fully saturated rings. The molecule has 0 bridgehead atoms. The van der Waals surface area contributed by atoms with E-state index >= 15 is 0 Å². The van der Waals surface area contributed by atoms with Crippen molar-refractivity contribution in [3.05, 3.63) is 34.3 Å². The number of nitrogens with one attached hydrogen (secondary N) is 2. The van der Waals surface area contributed by atoms with Gasteiger partial charge >= 0.3 is 6.03 Å². The van der Waals surface area contributed by atoms with Crippen molar-refractivity contribution in [3.63, 3.8) is 0 Å². The van der Waals surface area contributed by atoms with E-state index in [0.29, 0.717) is 11.4 Å². The number of hydrogen-bond donors (Lipinski definition) is 2. The summed E-state index contributed by atoms with van der Waals surface area (Å²) in [7, 11) is 0. The van der Waals surface area contributed by atoms with Crippen molar-refractivity contribution in [2.75, 3.05) is 0 Å². The number of carbonyl (C=O) groups is 1. The van der Waals surface area contributed by atoms with Gasteiger partial charge < -0.3 is 10.6 Å². The zero-order chi connectivity index (χ0) is 14.3. The first-order chi connectivity index (χ1) is 9.54. The van der Waals surface area contributed by atoms with Crippen LogP contribution in [0.3, 0.4) is 0 Å². The fraction of sp³-hybridized carbons (Fsp3) is 0.500. The Hall–Kier alpha value is -1.36. The van der Waals surface area contributed by atoms with E-state index in [4.69, 9.17) is 11.6 Å². The Balaban J connectivity index is 1.56. The molecular weight excluding hydrogens is 286 g/mol. The third-order valence-corrected chi connectivity index (χ3v) is 4.20. The number of aryl methyl sites for hydroxylation is 1. The summed E-state index contributed by atoms with van der Waals surface area (Å²) < 4.78 is 24.8. The SMILES string of the molecule is O=C(N[C@H]1C[C@H]1C(F)F)N[C@@H]1CCc2cc(Cl)ccc21. The highest BCUT2D eigenvalue weighted by Gasteiger charge is 2.45. The van der Waals surface area contributed by atoms with Crippen LogP contribution in [-0.4, -0.2) is 18.5 Å². The molecule has 2 aliphatic carbocycles. The Labute approximate surface area is 120 Å². The van der Waals surface area contributed by atoms with Crippen molar-refractivity contribution in [2.24, 2.45) is 5.92 Å². The maximum atomic E-state index is 12.4. The number of halogens is 3. The first-order valence-electron chi connectivity index (χ1n) is 6.68. The molecule has 1 saturated carbocycles. The number of amides is 2. The second-order valence-electron chi connectivity index (χ2n) is 5.39. The molecule has 0 heterocycles. The molecule has 0 saturated heterocycles. The maximum absolute atomic E-state index is 12.4. The van der Waals surface area contributed by atoms with E-state index in [1.54, 1.807) is 6.07 Å². The van der Waals surface area contributed by atoms with E-state index in [2.05, 4.69) is 10.6 Å². The summed E-state index contributed by atoms with van der Waals surface area (Å²) in [6.07, 6.45) is -0.313. The van der Waals surface area contributed by atoms with Gasteiger partial charge in [-0.25, -0.2) is 13.6 Å². The van der Waals surface area contributed by atoms with Gasteiger partial charge in [0.25, 0.3) is 0 Å². The number of benzene rings is 1. The minimum Gasteiger partial charge on any atom is -0.335 e. The zero-order valence-corrected chi connectivity index (χ0v) is 11.5. The van der Waals surface area contributed by atoms with E-state index < -0.39 is 12.3 Å². The van der Waals surface area contributed by atoms with Crippen molar-refractivity contribution in [2.45, 2.75) is 37.8 Å².